The molecule has 0 aromatic rings. The van der Waals surface area contributed by atoms with E-state index in [-0.39, 0.29) is 0 Å². The van der Waals surface area contributed by atoms with E-state index in [4.69, 9.17) is 10.2 Å². The highest BCUT2D eigenvalue weighted by Gasteiger charge is 2.36. The lowest BCUT2D eigenvalue weighted by molar-refractivity contribution is -0.156. The fraction of sp³-hybridized carbons (Fsp3) is 0.909. The van der Waals surface area contributed by atoms with E-state index in [0.29, 0.717) is 13.0 Å². The number of carbonyl (C=O) groups excluding carboxylic acids is 1. The minimum Gasteiger partial charge on any atom is -0.394 e. The summed E-state index contributed by atoms with van der Waals surface area (Å²) in [5.41, 5.74) is 0. The first-order valence-electron chi connectivity index (χ1n) is 6.15. The van der Waals surface area contributed by atoms with Crippen molar-refractivity contribution in [3.8, 4) is 0 Å². The Morgan fingerprint density at radius 3 is 2.11 bits per heavy atom. The van der Waals surface area contributed by atoms with Crippen LogP contribution in [0.3, 0.4) is 0 Å². The topological polar surface area (TPSA) is 150 Å². The summed E-state index contributed by atoms with van der Waals surface area (Å²) >= 11 is 0. The highest BCUT2D eigenvalue weighted by atomic mass is 16.4. The third-order valence-electron chi connectivity index (χ3n) is 2.70. The predicted octanol–water partition coefficient (Wildman–Crippen LogP) is -3.30. The maximum Gasteiger partial charge on any atom is 0.251 e. The van der Waals surface area contributed by atoms with E-state index >= 15 is 0 Å². The Balaban J connectivity index is 4.37. The molecular weight excluding hydrogens is 258 g/mol. The molecule has 0 spiro atoms. The van der Waals surface area contributed by atoms with Crippen molar-refractivity contribution >= 4 is 5.91 Å². The Hall–Kier alpha value is -0.770. The monoisotopic (exact) mass is 281 g/mol. The van der Waals surface area contributed by atoms with Crippen LogP contribution in [0.25, 0.3) is 0 Å². The molecule has 0 fully saturated rings. The van der Waals surface area contributed by atoms with E-state index in [9.17, 15) is 25.2 Å². The van der Waals surface area contributed by atoms with Crippen molar-refractivity contribution < 1.29 is 35.4 Å². The molecule has 0 aromatic heterocycles. The van der Waals surface area contributed by atoms with Crippen LogP contribution in [0.2, 0.25) is 0 Å². The fourth-order valence-electron chi connectivity index (χ4n) is 1.37. The van der Waals surface area contributed by atoms with Crippen molar-refractivity contribution in [2.45, 2.75) is 50.3 Å². The largest absolute Gasteiger partial charge is 0.394 e. The fourth-order valence-corrected chi connectivity index (χ4v) is 1.37. The summed E-state index contributed by atoms with van der Waals surface area (Å²) < 4.78 is 0. The first kappa shape index (κ1) is 18.2. The Morgan fingerprint density at radius 2 is 1.63 bits per heavy atom. The zero-order valence-electron chi connectivity index (χ0n) is 10.8. The number of unbranched alkanes of at least 4 members (excludes halogenated alkanes) is 1. The number of hydrogen-bond acceptors (Lipinski definition) is 7. The van der Waals surface area contributed by atoms with Gasteiger partial charge in [-0.25, -0.2) is 0 Å². The zero-order chi connectivity index (χ0) is 15.0. The van der Waals surface area contributed by atoms with Gasteiger partial charge in [-0.05, 0) is 6.42 Å². The van der Waals surface area contributed by atoms with Gasteiger partial charge < -0.3 is 36.0 Å². The predicted molar refractivity (Wildman–Crippen MR) is 65.0 cm³/mol. The molecule has 8 heteroatoms. The van der Waals surface area contributed by atoms with E-state index in [1.807, 2.05) is 6.92 Å². The lowest BCUT2D eigenvalue weighted by Gasteiger charge is -2.27. The third kappa shape index (κ3) is 5.81. The van der Waals surface area contributed by atoms with E-state index in [2.05, 4.69) is 5.32 Å². The van der Waals surface area contributed by atoms with Crippen LogP contribution in [0, 0.1) is 0 Å². The molecule has 0 saturated heterocycles. The minimum absolute atomic E-state index is 0.316. The van der Waals surface area contributed by atoms with E-state index in [0.717, 1.165) is 6.42 Å². The van der Waals surface area contributed by atoms with Gasteiger partial charge in [-0.2, -0.15) is 0 Å². The number of amides is 1. The van der Waals surface area contributed by atoms with Crippen molar-refractivity contribution in [2.24, 2.45) is 0 Å². The van der Waals surface area contributed by atoms with Gasteiger partial charge in [0.2, 0.25) is 0 Å². The van der Waals surface area contributed by atoms with Crippen molar-refractivity contribution in [3.05, 3.63) is 0 Å². The number of hydrogen-bond donors (Lipinski definition) is 7. The molecule has 19 heavy (non-hydrogen) atoms. The van der Waals surface area contributed by atoms with Gasteiger partial charge in [0.1, 0.15) is 24.4 Å². The first-order chi connectivity index (χ1) is 8.86. The number of aliphatic hydroxyl groups excluding tert-OH is 6. The van der Waals surface area contributed by atoms with Gasteiger partial charge in [-0.1, -0.05) is 13.3 Å². The van der Waals surface area contributed by atoms with Crippen LogP contribution in [-0.4, -0.2) is 80.2 Å². The summed E-state index contributed by atoms with van der Waals surface area (Å²) in [5.74, 6) is -0.884. The van der Waals surface area contributed by atoms with Gasteiger partial charge in [0, 0.05) is 6.54 Å². The van der Waals surface area contributed by atoms with Crippen LogP contribution in [0.1, 0.15) is 19.8 Å². The van der Waals surface area contributed by atoms with Crippen molar-refractivity contribution in [1.29, 1.82) is 0 Å². The zero-order valence-corrected chi connectivity index (χ0v) is 10.8. The molecule has 0 unspecified atom stereocenters. The molecule has 0 rings (SSSR count). The van der Waals surface area contributed by atoms with Gasteiger partial charge in [-0.3, -0.25) is 4.79 Å². The minimum atomic E-state index is -1.97. The molecular formula is C11H23NO7. The van der Waals surface area contributed by atoms with Gasteiger partial charge in [0.25, 0.3) is 5.91 Å². The SMILES string of the molecule is CCCCNC(=O)[C@@H](O)[C@H](O)[C@H](O)[C@H](O)[C@H](O)CO. The molecule has 0 aromatic carbocycles. The van der Waals surface area contributed by atoms with Crippen molar-refractivity contribution in [2.75, 3.05) is 13.2 Å². The molecule has 7 N–H and O–H groups in total. The summed E-state index contributed by atoms with van der Waals surface area (Å²) in [6.45, 7) is 1.40. The molecule has 0 aliphatic rings. The highest BCUT2D eigenvalue weighted by molar-refractivity contribution is 5.81. The molecule has 0 bridgehead atoms. The van der Waals surface area contributed by atoms with Crippen molar-refractivity contribution in [3.63, 3.8) is 0 Å². The number of rotatable bonds is 9. The van der Waals surface area contributed by atoms with Gasteiger partial charge in [-0.15, -0.1) is 0 Å². The summed E-state index contributed by atoms with van der Waals surface area (Å²) in [6, 6.07) is 0. The van der Waals surface area contributed by atoms with Gasteiger partial charge in [0.05, 0.1) is 6.61 Å². The number of aliphatic hydroxyl groups is 6. The molecule has 1 amide bonds. The number of nitrogens with one attached hydrogen (secondary N) is 1. The summed E-state index contributed by atoms with van der Waals surface area (Å²) in [6.07, 6.45) is -7.90. The van der Waals surface area contributed by atoms with Crippen LogP contribution >= 0.6 is 0 Å². The standard InChI is InChI=1S/C11H23NO7/c1-2-3-4-12-11(19)10(18)9(17)8(16)7(15)6(14)5-13/h6-10,13-18H,2-5H2,1H3,(H,12,19)/t6-,7-,8-,9-,10+/m1/s1. The molecule has 0 aliphatic heterocycles. The van der Waals surface area contributed by atoms with Crippen LogP contribution < -0.4 is 5.32 Å². The molecule has 5 atom stereocenters. The molecule has 8 nitrogen and oxygen atoms in total. The van der Waals surface area contributed by atoms with E-state index in [1.165, 1.54) is 0 Å². The average Bonchev–Trinajstić information content (AvgIpc) is 2.43. The Morgan fingerprint density at radius 1 is 1.05 bits per heavy atom. The normalized spacial score (nSPS) is 19.3. The van der Waals surface area contributed by atoms with Crippen molar-refractivity contribution in [1.82, 2.24) is 5.32 Å². The lowest BCUT2D eigenvalue weighted by atomic mass is 9.99. The molecule has 114 valence electrons. The maximum absolute atomic E-state index is 11.4. The average molecular weight is 281 g/mol. The first-order valence-corrected chi connectivity index (χ1v) is 6.15. The Labute approximate surface area is 111 Å². The molecule has 0 heterocycles. The van der Waals surface area contributed by atoms with Crippen LogP contribution in [0.4, 0.5) is 0 Å². The summed E-state index contributed by atoms with van der Waals surface area (Å²) in [4.78, 5) is 11.4. The second-order valence-electron chi connectivity index (χ2n) is 4.31. The Bertz CT molecular complexity index is 263. The molecule has 0 radical (unpaired) electrons. The lowest BCUT2D eigenvalue weighted by Crippen LogP contribution is -2.54. The van der Waals surface area contributed by atoms with Crippen LogP contribution in [0.5, 0.6) is 0 Å². The quantitative estimate of drug-likeness (QED) is 0.219. The van der Waals surface area contributed by atoms with E-state index in [1.54, 1.807) is 0 Å². The smallest absolute Gasteiger partial charge is 0.251 e. The van der Waals surface area contributed by atoms with Gasteiger partial charge in [0.15, 0.2) is 6.10 Å². The van der Waals surface area contributed by atoms with Crippen LogP contribution in [-0.2, 0) is 4.79 Å². The summed E-state index contributed by atoms with van der Waals surface area (Å²) in [5, 5.41) is 57.8. The second kappa shape index (κ2) is 9.18. The third-order valence-corrected chi connectivity index (χ3v) is 2.70. The van der Waals surface area contributed by atoms with Crippen LogP contribution in [0.15, 0.2) is 0 Å². The molecule has 0 aliphatic carbocycles. The highest BCUT2D eigenvalue weighted by Crippen LogP contribution is 2.08. The van der Waals surface area contributed by atoms with E-state index < -0.39 is 43.0 Å². The number of carbonyl (C=O) groups is 1. The second-order valence-corrected chi connectivity index (χ2v) is 4.31. The maximum atomic E-state index is 11.4. The molecule has 0 saturated carbocycles. The van der Waals surface area contributed by atoms with Gasteiger partial charge >= 0.3 is 0 Å². The summed E-state index contributed by atoms with van der Waals surface area (Å²) in [7, 11) is 0. The Kier molecular flexibility index (Phi) is 8.81.